The number of allylic oxidation sites excluding steroid dienone is 1. The van der Waals surface area contributed by atoms with E-state index in [0.29, 0.717) is 17.2 Å². The average molecular weight is 358 g/mol. The molecule has 1 aliphatic heterocycles. The Bertz CT molecular complexity index is 953. The van der Waals surface area contributed by atoms with Crippen LogP contribution in [0.3, 0.4) is 0 Å². The first-order chi connectivity index (χ1) is 12.6. The highest BCUT2D eigenvalue weighted by molar-refractivity contribution is 5.77. The lowest BCUT2D eigenvalue weighted by atomic mass is 10.0. The molecule has 0 radical (unpaired) electrons. The molecule has 1 N–H and O–H groups in total. The Morgan fingerprint density at radius 1 is 1.08 bits per heavy atom. The molecule has 0 aliphatic carbocycles. The van der Waals surface area contributed by atoms with Crippen LogP contribution in [0.5, 0.6) is 5.75 Å². The molecular weight excluding hydrogens is 345 g/mol. The van der Waals surface area contributed by atoms with Gasteiger partial charge in [-0.3, -0.25) is 0 Å². The number of anilines is 1. The molecule has 2 heterocycles. The third kappa shape index (κ3) is 3.01. The summed E-state index contributed by atoms with van der Waals surface area (Å²) >= 11 is 0. The van der Waals surface area contributed by atoms with Crippen LogP contribution in [-0.4, -0.2) is 21.4 Å². The number of hydrogen-bond acceptors (Lipinski definition) is 4. The molecule has 1 aromatic heterocycles. The number of ether oxygens (including phenoxy) is 1. The van der Waals surface area contributed by atoms with E-state index in [1.165, 1.54) is 24.5 Å². The normalized spacial score (nSPS) is 16.0. The first-order valence-corrected chi connectivity index (χ1v) is 7.80. The fourth-order valence-electron chi connectivity index (χ4n) is 2.88. The summed E-state index contributed by atoms with van der Waals surface area (Å²) in [5.74, 6) is 0.162. The summed E-state index contributed by atoms with van der Waals surface area (Å²) in [4.78, 5) is 4.15. The van der Waals surface area contributed by atoms with Crippen LogP contribution in [0.25, 0.3) is 5.70 Å². The molecule has 132 valence electrons. The Kier molecular flexibility index (Phi) is 4.08. The van der Waals surface area contributed by atoms with E-state index in [-0.39, 0.29) is 11.6 Å². The third-order valence-corrected chi connectivity index (χ3v) is 4.02. The van der Waals surface area contributed by atoms with E-state index in [9.17, 15) is 13.2 Å². The highest BCUT2D eigenvalue weighted by Gasteiger charge is 2.26. The van der Waals surface area contributed by atoms with Gasteiger partial charge in [-0.25, -0.2) is 9.07 Å². The molecule has 3 aromatic rings. The van der Waals surface area contributed by atoms with Gasteiger partial charge in [-0.15, -0.1) is 0 Å². The minimum Gasteiger partial charge on any atom is -0.434 e. The Balaban J connectivity index is 1.81. The maximum absolute atomic E-state index is 13.2. The van der Waals surface area contributed by atoms with Crippen molar-refractivity contribution in [2.45, 2.75) is 12.7 Å². The van der Waals surface area contributed by atoms with Gasteiger partial charge in [0.05, 0.1) is 0 Å². The Morgan fingerprint density at radius 2 is 1.85 bits per heavy atom. The third-order valence-electron chi connectivity index (χ3n) is 4.02. The van der Waals surface area contributed by atoms with Gasteiger partial charge < -0.3 is 10.1 Å². The second-order valence-corrected chi connectivity index (χ2v) is 5.60. The van der Waals surface area contributed by atoms with Crippen LogP contribution in [-0.2, 0) is 0 Å². The minimum atomic E-state index is -2.94. The van der Waals surface area contributed by atoms with Gasteiger partial charge in [0.25, 0.3) is 0 Å². The maximum Gasteiger partial charge on any atom is 0.387 e. The number of rotatable bonds is 4. The van der Waals surface area contributed by atoms with Gasteiger partial charge >= 0.3 is 6.61 Å². The van der Waals surface area contributed by atoms with E-state index < -0.39 is 12.7 Å². The summed E-state index contributed by atoms with van der Waals surface area (Å²) in [6.45, 7) is -2.94. The number of fused-ring (bicyclic) bond motifs is 1. The number of hydrogen-bond donors (Lipinski definition) is 1. The van der Waals surface area contributed by atoms with Gasteiger partial charge in [0, 0.05) is 11.3 Å². The predicted molar refractivity (Wildman–Crippen MR) is 89.2 cm³/mol. The molecule has 26 heavy (non-hydrogen) atoms. The summed E-state index contributed by atoms with van der Waals surface area (Å²) in [5.41, 5.74) is 1.92. The van der Waals surface area contributed by atoms with Crippen molar-refractivity contribution in [3.63, 3.8) is 0 Å². The van der Waals surface area contributed by atoms with E-state index >= 15 is 0 Å². The van der Waals surface area contributed by atoms with E-state index in [1.54, 1.807) is 35.0 Å². The molecule has 1 atom stereocenters. The minimum absolute atomic E-state index is 0.0607. The molecule has 4 rings (SSSR count). The van der Waals surface area contributed by atoms with Crippen molar-refractivity contribution in [3.05, 3.63) is 77.9 Å². The van der Waals surface area contributed by atoms with Crippen LogP contribution in [0, 0.1) is 5.82 Å². The first kappa shape index (κ1) is 16.2. The van der Waals surface area contributed by atoms with Crippen molar-refractivity contribution in [2.24, 2.45) is 0 Å². The van der Waals surface area contributed by atoms with Gasteiger partial charge in [0.15, 0.2) is 0 Å². The molecule has 0 saturated carbocycles. The fourth-order valence-corrected chi connectivity index (χ4v) is 2.88. The number of nitrogens with zero attached hydrogens (tertiary/aromatic N) is 3. The standard InChI is InChI=1S/C18H13F3N4O/c19-12-7-5-11(6-8-12)14-9-15(25-18(24-14)22-10-23-25)13-3-1-2-4-16(13)26-17(20)21/h1-10,15,17H,(H,22,23,24). The van der Waals surface area contributed by atoms with E-state index in [2.05, 4.69) is 20.1 Å². The molecule has 8 heteroatoms. The highest BCUT2D eigenvalue weighted by atomic mass is 19.3. The smallest absolute Gasteiger partial charge is 0.387 e. The average Bonchev–Trinajstić information content (AvgIpc) is 3.10. The van der Waals surface area contributed by atoms with Gasteiger partial charge in [0.1, 0.15) is 23.9 Å². The van der Waals surface area contributed by atoms with Crippen molar-refractivity contribution in [3.8, 4) is 5.75 Å². The molecule has 0 fully saturated rings. The van der Waals surface area contributed by atoms with Gasteiger partial charge in [0.2, 0.25) is 5.95 Å². The SMILES string of the molecule is Fc1ccc(C2=CC(c3ccccc3OC(F)F)n3ncnc3N2)cc1. The van der Waals surface area contributed by atoms with Crippen LogP contribution in [0.4, 0.5) is 19.1 Å². The van der Waals surface area contributed by atoms with Crippen molar-refractivity contribution in [1.29, 1.82) is 0 Å². The summed E-state index contributed by atoms with van der Waals surface area (Å²) in [7, 11) is 0. The van der Waals surface area contributed by atoms with Crippen molar-refractivity contribution < 1.29 is 17.9 Å². The number of para-hydroxylation sites is 1. The van der Waals surface area contributed by atoms with E-state index in [4.69, 9.17) is 0 Å². The largest absolute Gasteiger partial charge is 0.434 e. The molecular formula is C18H13F3N4O. The quantitative estimate of drug-likeness (QED) is 0.764. The van der Waals surface area contributed by atoms with Gasteiger partial charge in [-0.1, -0.05) is 18.2 Å². The molecule has 0 saturated heterocycles. The van der Waals surface area contributed by atoms with Crippen LogP contribution < -0.4 is 10.1 Å². The second kappa shape index (κ2) is 6.55. The molecule has 2 aromatic carbocycles. The number of nitrogens with one attached hydrogen (secondary N) is 1. The maximum atomic E-state index is 13.2. The first-order valence-electron chi connectivity index (χ1n) is 7.80. The Labute approximate surface area is 146 Å². The van der Waals surface area contributed by atoms with Crippen LogP contribution in [0.15, 0.2) is 60.9 Å². The summed E-state index contributed by atoms with van der Waals surface area (Å²) in [6, 6.07) is 12.0. The van der Waals surface area contributed by atoms with E-state index in [0.717, 1.165) is 5.56 Å². The Morgan fingerprint density at radius 3 is 2.62 bits per heavy atom. The molecule has 0 amide bonds. The van der Waals surface area contributed by atoms with Crippen molar-refractivity contribution in [1.82, 2.24) is 14.8 Å². The molecule has 0 bridgehead atoms. The molecule has 1 aliphatic rings. The predicted octanol–water partition coefficient (Wildman–Crippen LogP) is 4.07. The summed E-state index contributed by atoms with van der Waals surface area (Å²) in [5, 5.41) is 7.28. The zero-order valence-electron chi connectivity index (χ0n) is 13.3. The fraction of sp³-hybridized carbons (Fsp3) is 0.111. The Hall–Kier alpha value is -3.29. The molecule has 1 unspecified atom stereocenters. The number of alkyl halides is 2. The topological polar surface area (TPSA) is 52.0 Å². The van der Waals surface area contributed by atoms with E-state index in [1.807, 2.05) is 6.08 Å². The summed E-state index contributed by atoms with van der Waals surface area (Å²) < 4.78 is 45.0. The van der Waals surface area contributed by atoms with Gasteiger partial charge in [-0.05, 0) is 42.0 Å². The van der Waals surface area contributed by atoms with Gasteiger partial charge in [-0.2, -0.15) is 18.9 Å². The van der Waals surface area contributed by atoms with Crippen LogP contribution >= 0.6 is 0 Å². The molecule has 0 spiro atoms. The van der Waals surface area contributed by atoms with Crippen LogP contribution in [0.2, 0.25) is 0 Å². The number of halogens is 3. The lowest BCUT2D eigenvalue weighted by molar-refractivity contribution is -0.0506. The molecule has 5 nitrogen and oxygen atoms in total. The second-order valence-electron chi connectivity index (χ2n) is 5.60. The zero-order valence-corrected chi connectivity index (χ0v) is 13.3. The lowest BCUT2D eigenvalue weighted by Crippen LogP contribution is -2.21. The zero-order chi connectivity index (χ0) is 18.1. The highest BCUT2D eigenvalue weighted by Crippen LogP contribution is 2.36. The summed E-state index contributed by atoms with van der Waals surface area (Å²) in [6.07, 6.45) is 3.18. The number of benzene rings is 2. The number of aromatic nitrogens is 3. The van der Waals surface area contributed by atoms with Crippen molar-refractivity contribution in [2.75, 3.05) is 5.32 Å². The van der Waals surface area contributed by atoms with Crippen molar-refractivity contribution >= 4 is 11.6 Å². The monoisotopic (exact) mass is 358 g/mol. The van der Waals surface area contributed by atoms with Crippen LogP contribution in [0.1, 0.15) is 17.2 Å². The lowest BCUT2D eigenvalue weighted by Gasteiger charge is -2.25.